The molecule has 2 fully saturated rings. The summed E-state index contributed by atoms with van der Waals surface area (Å²) < 4.78 is 0. The molecule has 0 aromatic rings. The zero-order valence-corrected chi connectivity index (χ0v) is 13.7. The van der Waals surface area contributed by atoms with Gasteiger partial charge in [-0.2, -0.15) is 0 Å². The number of amides is 1. The lowest BCUT2D eigenvalue weighted by atomic mass is 9.98. The third-order valence-corrected chi connectivity index (χ3v) is 5.32. The number of carbonyl (C=O) groups excluding carboxylic acids is 1. The molecule has 1 saturated heterocycles. The first-order valence-electron chi connectivity index (χ1n) is 8.99. The van der Waals surface area contributed by atoms with Crippen molar-refractivity contribution in [2.45, 2.75) is 64.3 Å². The zero-order valence-electron chi connectivity index (χ0n) is 13.7. The fraction of sp³-hybridized carbons (Fsp3) is 0.941. The summed E-state index contributed by atoms with van der Waals surface area (Å²) in [5.74, 6) is 0.744. The van der Waals surface area contributed by atoms with Crippen LogP contribution in [0.1, 0.15) is 58.3 Å². The second-order valence-electron chi connectivity index (χ2n) is 6.69. The van der Waals surface area contributed by atoms with Crippen molar-refractivity contribution in [1.82, 2.24) is 9.80 Å². The molecule has 1 heterocycles. The van der Waals surface area contributed by atoms with Crippen LogP contribution in [-0.4, -0.2) is 54.5 Å². The predicted octanol–water partition coefficient (Wildman–Crippen LogP) is 2.23. The standard InChI is InChI=1S/C17H33N3O/c1-2-16(9-10-18)19-11-13-20(14-12-19)17(21)15-7-5-3-4-6-8-15/h15-16H,2-14,18H2,1H3. The molecule has 21 heavy (non-hydrogen) atoms. The summed E-state index contributed by atoms with van der Waals surface area (Å²) in [6.07, 6.45) is 9.58. The highest BCUT2D eigenvalue weighted by Crippen LogP contribution is 2.25. The lowest BCUT2D eigenvalue weighted by Crippen LogP contribution is -2.53. The Kier molecular flexibility index (Phi) is 6.97. The number of hydrogen-bond acceptors (Lipinski definition) is 3. The highest BCUT2D eigenvalue weighted by atomic mass is 16.2. The van der Waals surface area contributed by atoms with Crippen LogP contribution in [-0.2, 0) is 4.79 Å². The number of nitrogens with two attached hydrogens (primary N) is 1. The molecule has 2 aliphatic rings. The molecule has 0 aromatic carbocycles. The number of piperazine rings is 1. The maximum atomic E-state index is 12.7. The molecule has 4 heteroatoms. The van der Waals surface area contributed by atoms with Crippen molar-refractivity contribution in [3.05, 3.63) is 0 Å². The van der Waals surface area contributed by atoms with Gasteiger partial charge in [-0.3, -0.25) is 9.69 Å². The summed E-state index contributed by atoms with van der Waals surface area (Å²) >= 11 is 0. The molecule has 1 unspecified atom stereocenters. The Bertz CT molecular complexity index is 305. The van der Waals surface area contributed by atoms with Crippen molar-refractivity contribution in [3.63, 3.8) is 0 Å². The Morgan fingerprint density at radius 1 is 1.10 bits per heavy atom. The van der Waals surface area contributed by atoms with Gasteiger partial charge in [0.05, 0.1) is 0 Å². The minimum atomic E-state index is 0.310. The highest BCUT2D eigenvalue weighted by molar-refractivity contribution is 5.79. The normalized spacial score (nSPS) is 23.8. The summed E-state index contributed by atoms with van der Waals surface area (Å²) in [5, 5.41) is 0. The van der Waals surface area contributed by atoms with Gasteiger partial charge in [-0.1, -0.05) is 32.6 Å². The summed E-state index contributed by atoms with van der Waals surface area (Å²) in [6, 6.07) is 0.602. The van der Waals surface area contributed by atoms with Gasteiger partial charge in [0.25, 0.3) is 0 Å². The maximum Gasteiger partial charge on any atom is 0.225 e. The van der Waals surface area contributed by atoms with Crippen LogP contribution in [0.4, 0.5) is 0 Å². The molecule has 0 aromatic heterocycles. The van der Waals surface area contributed by atoms with E-state index in [1.807, 2.05) is 0 Å². The fourth-order valence-corrected chi connectivity index (χ4v) is 3.93. The quantitative estimate of drug-likeness (QED) is 0.791. The number of nitrogens with zero attached hydrogens (tertiary/aromatic N) is 2. The molecule has 1 saturated carbocycles. The van der Waals surface area contributed by atoms with Gasteiger partial charge in [0, 0.05) is 38.1 Å². The van der Waals surface area contributed by atoms with Gasteiger partial charge in [0.1, 0.15) is 0 Å². The van der Waals surface area contributed by atoms with E-state index in [9.17, 15) is 4.79 Å². The van der Waals surface area contributed by atoms with E-state index in [2.05, 4.69) is 16.7 Å². The summed E-state index contributed by atoms with van der Waals surface area (Å²) in [7, 11) is 0. The van der Waals surface area contributed by atoms with Gasteiger partial charge < -0.3 is 10.6 Å². The van der Waals surface area contributed by atoms with Crippen LogP contribution in [0.15, 0.2) is 0 Å². The van der Waals surface area contributed by atoms with Crippen LogP contribution in [0.25, 0.3) is 0 Å². The van der Waals surface area contributed by atoms with Gasteiger partial charge >= 0.3 is 0 Å². The molecule has 0 bridgehead atoms. The first-order chi connectivity index (χ1) is 10.3. The van der Waals surface area contributed by atoms with Gasteiger partial charge in [-0.05, 0) is 32.2 Å². The van der Waals surface area contributed by atoms with Crippen LogP contribution in [0, 0.1) is 5.92 Å². The molecular formula is C17H33N3O. The van der Waals surface area contributed by atoms with Crippen molar-refractivity contribution in [2.75, 3.05) is 32.7 Å². The largest absolute Gasteiger partial charge is 0.340 e. The van der Waals surface area contributed by atoms with E-state index in [-0.39, 0.29) is 0 Å². The van der Waals surface area contributed by atoms with Crippen LogP contribution in [0.3, 0.4) is 0 Å². The Hall–Kier alpha value is -0.610. The lowest BCUT2D eigenvalue weighted by molar-refractivity contribution is -0.138. The number of hydrogen-bond donors (Lipinski definition) is 1. The summed E-state index contributed by atoms with van der Waals surface area (Å²) in [5.41, 5.74) is 5.71. The smallest absolute Gasteiger partial charge is 0.225 e. The fourth-order valence-electron chi connectivity index (χ4n) is 3.93. The average Bonchev–Trinajstić information content (AvgIpc) is 2.81. The molecule has 1 atom stereocenters. The van der Waals surface area contributed by atoms with Crippen molar-refractivity contribution in [3.8, 4) is 0 Å². The molecular weight excluding hydrogens is 262 g/mol. The molecule has 2 N–H and O–H groups in total. The first-order valence-corrected chi connectivity index (χ1v) is 8.99. The van der Waals surface area contributed by atoms with Crippen LogP contribution < -0.4 is 5.73 Å². The number of rotatable bonds is 5. The van der Waals surface area contributed by atoms with E-state index in [0.717, 1.165) is 58.4 Å². The van der Waals surface area contributed by atoms with Crippen molar-refractivity contribution < 1.29 is 4.79 Å². The van der Waals surface area contributed by atoms with Crippen molar-refractivity contribution >= 4 is 5.91 Å². The second-order valence-corrected chi connectivity index (χ2v) is 6.69. The van der Waals surface area contributed by atoms with Crippen LogP contribution >= 0.6 is 0 Å². The molecule has 122 valence electrons. The Labute approximate surface area is 130 Å². The van der Waals surface area contributed by atoms with E-state index in [4.69, 9.17) is 5.73 Å². The molecule has 0 radical (unpaired) electrons. The van der Waals surface area contributed by atoms with E-state index in [1.54, 1.807) is 0 Å². The molecule has 1 aliphatic heterocycles. The zero-order chi connectivity index (χ0) is 15.1. The third kappa shape index (κ3) is 4.68. The monoisotopic (exact) mass is 295 g/mol. The van der Waals surface area contributed by atoms with Crippen LogP contribution in [0.2, 0.25) is 0 Å². The molecule has 2 rings (SSSR count). The average molecular weight is 295 g/mol. The molecule has 0 spiro atoms. The third-order valence-electron chi connectivity index (χ3n) is 5.32. The van der Waals surface area contributed by atoms with Gasteiger partial charge in [-0.25, -0.2) is 0 Å². The van der Waals surface area contributed by atoms with E-state index in [0.29, 0.717) is 17.9 Å². The predicted molar refractivity (Wildman–Crippen MR) is 87.1 cm³/mol. The SMILES string of the molecule is CCC(CCN)N1CCN(C(=O)C2CCCCCC2)CC1. The Morgan fingerprint density at radius 2 is 1.71 bits per heavy atom. The van der Waals surface area contributed by atoms with Crippen molar-refractivity contribution in [1.29, 1.82) is 0 Å². The highest BCUT2D eigenvalue weighted by Gasteiger charge is 2.29. The maximum absolute atomic E-state index is 12.7. The minimum absolute atomic E-state index is 0.310. The Balaban J connectivity index is 1.80. The lowest BCUT2D eigenvalue weighted by Gasteiger charge is -2.40. The molecule has 4 nitrogen and oxygen atoms in total. The molecule has 1 aliphatic carbocycles. The van der Waals surface area contributed by atoms with Crippen molar-refractivity contribution in [2.24, 2.45) is 11.7 Å². The van der Waals surface area contributed by atoms with Gasteiger partial charge in [0.2, 0.25) is 5.91 Å². The summed E-state index contributed by atoms with van der Waals surface area (Å²) in [6.45, 7) is 6.88. The van der Waals surface area contributed by atoms with Gasteiger partial charge in [-0.15, -0.1) is 0 Å². The van der Waals surface area contributed by atoms with E-state index < -0.39 is 0 Å². The number of carbonyl (C=O) groups is 1. The summed E-state index contributed by atoms with van der Waals surface area (Å²) in [4.78, 5) is 17.3. The van der Waals surface area contributed by atoms with E-state index in [1.165, 1.54) is 25.7 Å². The van der Waals surface area contributed by atoms with Crippen LogP contribution in [0.5, 0.6) is 0 Å². The first kappa shape index (κ1) is 16.8. The second kappa shape index (κ2) is 8.74. The topological polar surface area (TPSA) is 49.6 Å². The molecule has 1 amide bonds. The van der Waals surface area contributed by atoms with E-state index >= 15 is 0 Å². The minimum Gasteiger partial charge on any atom is -0.340 e. The van der Waals surface area contributed by atoms with Gasteiger partial charge in [0.15, 0.2) is 0 Å². The Morgan fingerprint density at radius 3 is 2.24 bits per heavy atom.